The monoisotopic (exact) mass is 338 g/mol. The highest BCUT2D eigenvalue weighted by atomic mass is 35.5. The lowest BCUT2D eigenvalue weighted by molar-refractivity contribution is -0.135. The standard InChI is InChI=1S/C17H23ClN2O3/c18-14-5-1-2-6-16(14)23-11-12-4-3-7-20(10-12)17(22)15-8-13(21)9-19-15/h1-2,5-6,12-13,15,19,21H,3-4,7-11H2/t12?,13-,15+/m1/s1. The van der Waals surface area contributed by atoms with Gasteiger partial charge in [-0.2, -0.15) is 0 Å². The van der Waals surface area contributed by atoms with Crippen LogP contribution in [0, 0.1) is 5.92 Å². The number of piperidine rings is 1. The lowest BCUT2D eigenvalue weighted by atomic mass is 9.98. The molecule has 0 aromatic heterocycles. The Labute approximate surface area is 141 Å². The van der Waals surface area contributed by atoms with E-state index in [1.54, 1.807) is 0 Å². The number of ether oxygens (including phenoxy) is 1. The van der Waals surface area contributed by atoms with Gasteiger partial charge >= 0.3 is 0 Å². The maximum absolute atomic E-state index is 12.5. The van der Waals surface area contributed by atoms with Crippen LogP contribution in [0.15, 0.2) is 24.3 Å². The molecular weight excluding hydrogens is 316 g/mol. The van der Waals surface area contributed by atoms with Gasteiger partial charge in [0.2, 0.25) is 5.91 Å². The van der Waals surface area contributed by atoms with Crippen LogP contribution in [0.5, 0.6) is 5.75 Å². The topological polar surface area (TPSA) is 61.8 Å². The smallest absolute Gasteiger partial charge is 0.239 e. The Morgan fingerprint density at radius 2 is 2.26 bits per heavy atom. The number of aliphatic hydroxyl groups is 1. The van der Waals surface area contributed by atoms with E-state index in [0.29, 0.717) is 42.8 Å². The van der Waals surface area contributed by atoms with Crippen molar-refractivity contribution in [2.75, 3.05) is 26.2 Å². The molecule has 3 atom stereocenters. The second kappa shape index (κ2) is 7.51. The fraction of sp³-hybridized carbons (Fsp3) is 0.588. The molecule has 5 nitrogen and oxygen atoms in total. The molecule has 2 heterocycles. The molecule has 3 rings (SSSR count). The van der Waals surface area contributed by atoms with Gasteiger partial charge in [-0.05, 0) is 31.4 Å². The minimum atomic E-state index is -0.409. The summed E-state index contributed by atoms with van der Waals surface area (Å²) in [6.07, 6.45) is 2.14. The molecule has 2 fully saturated rings. The van der Waals surface area contributed by atoms with Crippen molar-refractivity contribution < 1.29 is 14.6 Å². The summed E-state index contributed by atoms with van der Waals surface area (Å²) in [7, 11) is 0. The minimum Gasteiger partial charge on any atom is -0.492 e. The molecule has 0 radical (unpaired) electrons. The summed E-state index contributed by atoms with van der Waals surface area (Å²) >= 11 is 6.10. The second-order valence-corrected chi connectivity index (χ2v) is 6.79. The molecular formula is C17H23ClN2O3. The van der Waals surface area contributed by atoms with Crippen molar-refractivity contribution in [2.24, 2.45) is 5.92 Å². The third kappa shape index (κ3) is 4.16. The van der Waals surface area contributed by atoms with Gasteiger partial charge in [0, 0.05) is 25.6 Å². The van der Waals surface area contributed by atoms with Gasteiger partial charge in [0.1, 0.15) is 5.75 Å². The van der Waals surface area contributed by atoms with Gasteiger partial charge in [0.25, 0.3) is 0 Å². The van der Waals surface area contributed by atoms with E-state index in [2.05, 4.69) is 5.32 Å². The molecule has 1 aromatic carbocycles. The van der Waals surface area contributed by atoms with E-state index in [4.69, 9.17) is 16.3 Å². The first kappa shape index (κ1) is 16.6. The van der Waals surface area contributed by atoms with E-state index in [1.807, 2.05) is 29.2 Å². The highest BCUT2D eigenvalue weighted by molar-refractivity contribution is 6.32. The van der Waals surface area contributed by atoms with E-state index in [9.17, 15) is 9.90 Å². The third-order valence-corrected chi connectivity index (χ3v) is 4.86. The Morgan fingerprint density at radius 1 is 1.43 bits per heavy atom. The first-order valence-electron chi connectivity index (χ1n) is 8.21. The normalized spacial score (nSPS) is 27.9. The number of likely N-dealkylation sites (tertiary alicyclic amines) is 1. The van der Waals surface area contributed by atoms with E-state index in [1.165, 1.54) is 0 Å². The molecule has 2 aliphatic rings. The summed E-state index contributed by atoms with van der Waals surface area (Å²) in [5.74, 6) is 1.11. The summed E-state index contributed by atoms with van der Waals surface area (Å²) < 4.78 is 5.82. The van der Waals surface area contributed by atoms with Gasteiger partial charge in [-0.3, -0.25) is 4.79 Å². The van der Waals surface area contributed by atoms with Crippen LogP contribution in [-0.4, -0.2) is 54.3 Å². The molecule has 0 saturated carbocycles. The lowest BCUT2D eigenvalue weighted by Crippen LogP contribution is -2.48. The van der Waals surface area contributed by atoms with Crippen molar-refractivity contribution in [1.82, 2.24) is 10.2 Å². The number of carbonyl (C=O) groups is 1. The summed E-state index contributed by atoms with van der Waals surface area (Å²) in [6, 6.07) is 7.20. The first-order chi connectivity index (χ1) is 11.1. The summed E-state index contributed by atoms with van der Waals surface area (Å²) in [6.45, 7) is 2.56. The van der Waals surface area contributed by atoms with E-state index < -0.39 is 6.10 Å². The molecule has 2 saturated heterocycles. The average Bonchev–Trinajstić information content (AvgIpc) is 3.00. The van der Waals surface area contributed by atoms with Gasteiger partial charge in [0.05, 0.1) is 23.8 Å². The lowest BCUT2D eigenvalue weighted by Gasteiger charge is -2.34. The number of carbonyl (C=O) groups excluding carboxylic acids is 1. The molecule has 1 amide bonds. The Bertz CT molecular complexity index is 554. The number of hydrogen-bond donors (Lipinski definition) is 2. The van der Waals surface area contributed by atoms with Crippen LogP contribution in [-0.2, 0) is 4.79 Å². The SMILES string of the molecule is O=C([C@@H]1C[C@@H](O)CN1)N1CCCC(COc2ccccc2Cl)C1. The highest BCUT2D eigenvalue weighted by Gasteiger charge is 2.33. The molecule has 6 heteroatoms. The highest BCUT2D eigenvalue weighted by Crippen LogP contribution is 2.25. The van der Waals surface area contributed by atoms with E-state index in [0.717, 1.165) is 19.4 Å². The van der Waals surface area contributed by atoms with Crippen molar-refractivity contribution in [1.29, 1.82) is 0 Å². The molecule has 0 aliphatic carbocycles. The minimum absolute atomic E-state index is 0.101. The van der Waals surface area contributed by atoms with Crippen molar-refractivity contribution in [2.45, 2.75) is 31.4 Å². The average molecular weight is 339 g/mol. The number of nitrogens with zero attached hydrogens (tertiary/aromatic N) is 1. The third-order valence-electron chi connectivity index (χ3n) is 4.55. The molecule has 1 aromatic rings. The van der Waals surface area contributed by atoms with Crippen LogP contribution in [0.1, 0.15) is 19.3 Å². The zero-order valence-corrected chi connectivity index (χ0v) is 13.8. The number of β-amino-alcohol motifs (C(OH)–C–C–N with tert-alkyl or cyclic N) is 1. The number of benzene rings is 1. The van der Waals surface area contributed by atoms with Crippen molar-refractivity contribution in [3.05, 3.63) is 29.3 Å². The summed E-state index contributed by atoms with van der Waals surface area (Å²) in [5.41, 5.74) is 0. The van der Waals surface area contributed by atoms with Crippen LogP contribution in [0.3, 0.4) is 0 Å². The number of amides is 1. The zero-order valence-electron chi connectivity index (χ0n) is 13.1. The van der Waals surface area contributed by atoms with Crippen molar-refractivity contribution in [3.8, 4) is 5.75 Å². The largest absolute Gasteiger partial charge is 0.492 e. The fourth-order valence-corrected chi connectivity index (χ4v) is 3.49. The second-order valence-electron chi connectivity index (χ2n) is 6.38. The van der Waals surface area contributed by atoms with Gasteiger partial charge in [-0.15, -0.1) is 0 Å². The van der Waals surface area contributed by atoms with Crippen LogP contribution >= 0.6 is 11.6 Å². The molecule has 2 aliphatic heterocycles. The van der Waals surface area contributed by atoms with Crippen molar-refractivity contribution in [3.63, 3.8) is 0 Å². The Hall–Kier alpha value is -1.30. The van der Waals surface area contributed by atoms with Crippen LogP contribution in [0.25, 0.3) is 0 Å². The van der Waals surface area contributed by atoms with E-state index in [-0.39, 0.29) is 11.9 Å². The molecule has 126 valence electrons. The summed E-state index contributed by atoms with van der Waals surface area (Å²) in [5, 5.41) is 13.3. The first-order valence-corrected chi connectivity index (χ1v) is 8.59. The van der Waals surface area contributed by atoms with Gasteiger partial charge in [-0.25, -0.2) is 0 Å². The van der Waals surface area contributed by atoms with E-state index >= 15 is 0 Å². The Morgan fingerprint density at radius 3 is 3.00 bits per heavy atom. The fourth-order valence-electron chi connectivity index (χ4n) is 3.30. The maximum Gasteiger partial charge on any atom is 0.239 e. The number of nitrogens with one attached hydrogen (secondary N) is 1. The van der Waals surface area contributed by atoms with Crippen LogP contribution < -0.4 is 10.1 Å². The number of aliphatic hydroxyl groups excluding tert-OH is 1. The Kier molecular flexibility index (Phi) is 5.41. The zero-order chi connectivity index (χ0) is 16.2. The molecule has 0 spiro atoms. The van der Waals surface area contributed by atoms with Crippen LogP contribution in [0.4, 0.5) is 0 Å². The Balaban J connectivity index is 1.52. The van der Waals surface area contributed by atoms with Gasteiger partial charge < -0.3 is 20.1 Å². The quantitative estimate of drug-likeness (QED) is 0.877. The maximum atomic E-state index is 12.5. The molecule has 2 N–H and O–H groups in total. The predicted molar refractivity (Wildman–Crippen MR) is 88.7 cm³/mol. The number of halogens is 1. The number of rotatable bonds is 4. The molecule has 0 bridgehead atoms. The van der Waals surface area contributed by atoms with Crippen molar-refractivity contribution >= 4 is 17.5 Å². The van der Waals surface area contributed by atoms with Crippen LogP contribution in [0.2, 0.25) is 5.02 Å². The molecule has 23 heavy (non-hydrogen) atoms. The molecule has 1 unspecified atom stereocenters. The number of para-hydroxylation sites is 1. The number of hydrogen-bond acceptors (Lipinski definition) is 4. The predicted octanol–water partition coefficient (Wildman–Crippen LogP) is 1.68. The summed E-state index contributed by atoms with van der Waals surface area (Å²) in [4.78, 5) is 14.4. The van der Waals surface area contributed by atoms with Gasteiger partial charge in [-0.1, -0.05) is 23.7 Å². The van der Waals surface area contributed by atoms with Gasteiger partial charge in [0.15, 0.2) is 0 Å².